The Morgan fingerprint density at radius 2 is 1.78 bits per heavy atom. The lowest BCUT2D eigenvalue weighted by molar-refractivity contribution is -0.303. The van der Waals surface area contributed by atoms with E-state index in [2.05, 4.69) is 4.74 Å². The van der Waals surface area contributed by atoms with Gasteiger partial charge in [0.2, 0.25) is 5.78 Å². The second kappa shape index (κ2) is 5.57. The molecule has 1 rings (SSSR count). The number of ketones is 1. The molecule has 0 saturated heterocycles. The van der Waals surface area contributed by atoms with E-state index in [1.807, 2.05) is 0 Å². The van der Waals surface area contributed by atoms with Crippen LogP contribution in [-0.2, 0) is 4.74 Å². The maximum Gasteiger partial charge on any atom is 0.573 e. The van der Waals surface area contributed by atoms with Gasteiger partial charge in [0.15, 0.2) is 5.76 Å². The number of carbonyl (C=O) groups is 1. The lowest BCUT2D eigenvalue weighted by Gasteiger charge is -2.14. The fraction of sp³-hybridized carbons (Fsp3) is 0.250. The number of rotatable bonds is 4. The number of benzene rings is 1. The summed E-state index contributed by atoms with van der Waals surface area (Å²) in [7, 11) is 3.00. The van der Waals surface area contributed by atoms with E-state index in [4.69, 9.17) is 0 Å². The van der Waals surface area contributed by atoms with Crippen molar-refractivity contribution in [2.45, 2.75) is 6.36 Å². The fourth-order valence-corrected chi connectivity index (χ4v) is 1.22. The molecule has 1 aromatic carbocycles. The Labute approximate surface area is 102 Å². The lowest BCUT2D eigenvalue weighted by Crippen LogP contribution is -2.20. The summed E-state index contributed by atoms with van der Waals surface area (Å²) in [5.74, 6) is -1.58. The SMILES string of the molecule is CN(C)C=C(OC(F)(F)F)C(=O)c1ccccc1. The summed E-state index contributed by atoms with van der Waals surface area (Å²) >= 11 is 0. The molecule has 0 aromatic heterocycles. The molecule has 0 aliphatic heterocycles. The van der Waals surface area contributed by atoms with E-state index in [1.165, 1.54) is 31.1 Å². The molecular weight excluding hydrogens is 247 g/mol. The van der Waals surface area contributed by atoms with Gasteiger partial charge in [-0.1, -0.05) is 30.3 Å². The highest BCUT2D eigenvalue weighted by atomic mass is 19.4. The Bertz CT molecular complexity index is 438. The Balaban J connectivity index is 3.02. The summed E-state index contributed by atoms with van der Waals surface area (Å²) in [6.45, 7) is 0. The Kier molecular flexibility index (Phi) is 4.36. The van der Waals surface area contributed by atoms with Gasteiger partial charge in [0.05, 0.1) is 0 Å². The lowest BCUT2D eigenvalue weighted by atomic mass is 10.1. The minimum atomic E-state index is -4.90. The van der Waals surface area contributed by atoms with Crippen LogP contribution in [0.2, 0.25) is 0 Å². The van der Waals surface area contributed by atoms with E-state index in [1.54, 1.807) is 18.2 Å². The highest BCUT2D eigenvalue weighted by Crippen LogP contribution is 2.23. The van der Waals surface area contributed by atoms with E-state index in [0.717, 1.165) is 6.20 Å². The maximum absolute atomic E-state index is 12.2. The summed E-state index contributed by atoms with van der Waals surface area (Å²) < 4.78 is 40.3. The van der Waals surface area contributed by atoms with Gasteiger partial charge in [0.25, 0.3) is 0 Å². The molecule has 3 nitrogen and oxygen atoms in total. The van der Waals surface area contributed by atoms with Crippen LogP contribution < -0.4 is 0 Å². The first-order valence-electron chi connectivity index (χ1n) is 5.03. The van der Waals surface area contributed by atoms with Crippen molar-refractivity contribution in [3.8, 4) is 0 Å². The summed E-state index contributed by atoms with van der Waals surface area (Å²) in [4.78, 5) is 13.1. The van der Waals surface area contributed by atoms with Crippen LogP contribution in [0.4, 0.5) is 13.2 Å². The third-order valence-corrected chi connectivity index (χ3v) is 1.86. The van der Waals surface area contributed by atoms with Crippen LogP contribution >= 0.6 is 0 Å². The standard InChI is InChI=1S/C12H12F3NO2/c1-16(2)8-10(18-12(13,14)15)11(17)9-6-4-3-5-7-9/h3-8H,1-2H3. The Morgan fingerprint density at radius 1 is 1.22 bits per heavy atom. The van der Waals surface area contributed by atoms with Crippen LogP contribution in [0.5, 0.6) is 0 Å². The largest absolute Gasteiger partial charge is 0.573 e. The normalized spacial score (nSPS) is 12.2. The van der Waals surface area contributed by atoms with E-state index in [-0.39, 0.29) is 5.56 Å². The van der Waals surface area contributed by atoms with Crippen molar-refractivity contribution in [1.29, 1.82) is 0 Å². The molecule has 18 heavy (non-hydrogen) atoms. The average Bonchev–Trinajstić information content (AvgIpc) is 2.26. The van der Waals surface area contributed by atoms with Crippen molar-refractivity contribution in [3.63, 3.8) is 0 Å². The molecule has 98 valence electrons. The molecule has 0 bridgehead atoms. The molecular formula is C12H12F3NO2. The first-order valence-corrected chi connectivity index (χ1v) is 5.03. The molecule has 0 N–H and O–H groups in total. The van der Waals surface area contributed by atoms with E-state index >= 15 is 0 Å². The molecule has 0 fully saturated rings. The Morgan fingerprint density at radius 3 is 2.22 bits per heavy atom. The van der Waals surface area contributed by atoms with Crippen molar-refractivity contribution in [3.05, 3.63) is 47.9 Å². The summed E-state index contributed by atoms with van der Waals surface area (Å²) in [6, 6.07) is 7.63. The van der Waals surface area contributed by atoms with Gasteiger partial charge in [0, 0.05) is 25.9 Å². The van der Waals surface area contributed by atoms with E-state index < -0.39 is 17.9 Å². The number of alkyl halides is 3. The van der Waals surface area contributed by atoms with Gasteiger partial charge in [-0.3, -0.25) is 4.79 Å². The number of hydrogen-bond donors (Lipinski definition) is 0. The predicted molar refractivity (Wildman–Crippen MR) is 59.7 cm³/mol. The number of halogens is 3. The first kappa shape index (κ1) is 14.1. The highest BCUT2D eigenvalue weighted by Gasteiger charge is 2.34. The Hall–Kier alpha value is -1.98. The summed E-state index contributed by atoms with van der Waals surface area (Å²) in [5.41, 5.74) is 0.134. The topological polar surface area (TPSA) is 29.5 Å². The minimum Gasteiger partial charge on any atom is -0.400 e. The zero-order valence-corrected chi connectivity index (χ0v) is 9.86. The molecule has 0 amide bonds. The van der Waals surface area contributed by atoms with Gasteiger partial charge in [-0.2, -0.15) is 0 Å². The second-order valence-corrected chi connectivity index (χ2v) is 3.70. The van der Waals surface area contributed by atoms with Gasteiger partial charge in [-0.15, -0.1) is 13.2 Å². The molecule has 1 aromatic rings. The van der Waals surface area contributed by atoms with Crippen LogP contribution in [0.1, 0.15) is 10.4 Å². The van der Waals surface area contributed by atoms with Crippen molar-refractivity contribution in [2.24, 2.45) is 0 Å². The number of allylic oxidation sites excluding steroid dienone is 1. The zero-order valence-electron chi connectivity index (χ0n) is 9.86. The summed E-state index contributed by atoms with van der Waals surface area (Å²) in [5, 5.41) is 0. The third-order valence-electron chi connectivity index (χ3n) is 1.86. The van der Waals surface area contributed by atoms with Gasteiger partial charge < -0.3 is 9.64 Å². The van der Waals surface area contributed by atoms with E-state index in [0.29, 0.717) is 0 Å². The molecule has 0 aliphatic carbocycles. The molecule has 0 saturated carbocycles. The quantitative estimate of drug-likeness (QED) is 0.473. The molecule has 0 atom stereocenters. The van der Waals surface area contributed by atoms with Crippen molar-refractivity contribution >= 4 is 5.78 Å². The van der Waals surface area contributed by atoms with Gasteiger partial charge in [-0.05, 0) is 0 Å². The van der Waals surface area contributed by atoms with Gasteiger partial charge in [-0.25, -0.2) is 0 Å². The van der Waals surface area contributed by atoms with Crippen molar-refractivity contribution in [1.82, 2.24) is 4.90 Å². The maximum atomic E-state index is 12.2. The van der Waals surface area contributed by atoms with Crippen molar-refractivity contribution in [2.75, 3.05) is 14.1 Å². The summed E-state index contributed by atoms with van der Waals surface area (Å²) in [6.07, 6.45) is -3.91. The smallest absolute Gasteiger partial charge is 0.400 e. The number of hydrogen-bond acceptors (Lipinski definition) is 3. The molecule has 0 heterocycles. The molecule has 0 spiro atoms. The number of nitrogens with zero attached hydrogens (tertiary/aromatic N) is 1. The molecule has 6 heteroatoms. The zero-order chi connectivity index (χ0) is 13.8. The minimum absolute atomic E-state index is 0.134. The van der Waals surface area contributed by atoms with Crippen LogP contribution in [0.25, 0.3) is 0 Å². The van der Waals surface area contributed by atoms with Crippen LogP contribution in [-0.4, -0.2) is 31.1 Å². The molecule has 0 unspecified atom stereocenters. The fourth-order valence-electron chi connectivity index (χ4n) is 1.22. The van der Waals surface area contributed by atoms with Gasteiger partial charge >= 0.3 is 6.36 Å². The number of Topliss-reactive ketones (excluding diaryl/α,β-unsaturated/α-hetero) is 1. The van der Waals surface area contributed by atoms with Gasteiger partial charge in [0.1, 0.15) is 0 Å². The van der Waals surface area contributed by atoms with Crippen LogP contribution in [0.15, 0.2) is 42.3 Å². The van der Waals surface area contributed by atoms with Crippen LogP contribution in [0, 0.1) is 0 Å². The number of ether oxygens (including phenoxy) is 1. The predicted octanol–water partition coefficient (Wildman–Crippen LogP) is 2.81. The monoisotopic (exact) mass is 259 g/mol. The highest BCUT2D eigenvalue weighted by molar-refractivity contribution is 6.07. The van der Waals surface area contributed by atoms with E-state index in [9.17, 15) is 18.0 Å². The third kappa shape index (κ3) is 4.48. The van der Waals surface area contributed by atoms with Crippen LogP contribution in [0.3, 0.4) is 0 Å². The number of carbonyl (C=O) groups excluding carboxylic acids is 1. The first-order chi connectivity index (χ1) is 8.29. The van der Waals surface area contributed by atoms with Crippen molar-refractivity contribution < 1.29 is 22.7 Å². The average molecular weight is 259 g/mol. The second-order valence-electron chi connectivity index (χ2n) is 3.70. The molecule has 0 radical (unpaired) electrons. The molecule has 0 aliphatic rings.